The first-order valence-electron chi connectivity index (χ1n) is 13.5. The van der Waals surface area contributed by atoms with E-state index in [9.17, 15) is 4.79 Å². The first kappa shape index (κ1) is 27.5. The minimum Gasteiger partial charge on any atom is -0.344 e. The number of unbranched alkanes of at least 4 members (excludes halogenated alkanes) is 9. The average molecular weight is 423 g/mol. The number of hydrogen-bond acceptors (Lipinski definition) is 2. The van der Waals surface area contributed by atoms with Gasteiger partial charge in [0.05, 0.1) is 0 Å². The van der Waals surface area contributed by atoms with Gasteiger partial charge < -0.3 is 4.90 Å². The summed E-state index contributed by atoms with van der Waals surface area (Å²) in [5.41, 5.74) is -0.165. The van der Waals surface area contributed by atoms with Gasteiger partial charge in [0, 0.05) is 25.0 Å². The maximum atomic E-state index is 13.5. The molecule has 3 heteroatoms. The fourth-order valence-electron chi connectivity index (χ4n) is 5.20. The van der Waals surface area contributed by atoms with E-state index in [0.717, 1.165) is 25.8 Å². The zero-order valence-corrected chi connectivity index (χ0v) is 21.3. The van der Waals surface area contributed by atoms with E-state index >= 15 is 0 Å². The number of hydrogen-bond donors (Lipinski definition) is 0. The standard InChI is InChI=1S/C27H54N2O/c1-6-9-12-14-15-17-22-29-23-18-19-25(29)24-28(5)26(30)27(4,20-11-8-3)21-16-13-10-7-2/h25H,6-24H2,1-5H3/t25-,27?/m0/s1. The molecule has 0 N–H and O–H groups in total. The normalized spacial score (nSPS) is 19.2. The van der Waals surface area contributed by atoms with Crippen molar-refractivity contribution < 1.29 is 4.79 Å². The van der Waals surface area contributed by atoms with Crippen molar-refractivity contribution in [2.45, 2.75) is 136 Å². The van der Waals surface area contributed by atoms with Gasteiger partial charge in [0.2, 0.25) is 5.91 Å². The van der Waals surface area contributed by atoms with Crippen molar-refractivity contribution in [1.29, 1.82) is 0 Å². The molecule has 1 unspecified atom stereocenters. The fourth-order valence-corrected chi connectivity index (χ4v) is 5.20. The molecule has 0 aromatic carbocycles. The third kappa shape index (κ3) is 10.2. The Bertz CT molecular complexity index is 439. The first-order chi connectivity index (χ1) is 14.5. The van der Waals surface area contributed by atoms with Crippen LogP contribution in [0, 0.1) is 5.41 Å². The van der Waals surface area contributed by atoms with Gasteiger partial charge >= 0.3 is 0 Å². The van der Waals surface area contributed by atoms with Crippen molar-refractivity contribution in [2.75, 3.05) is 26.7 Å². The summed E-state index contributed by atoms with van der Waals surface area (Å²) < 4.78 is 0. The summed E-state index contributed by atoms with van der Waals surface area (Å²) in [6, 6.07) is 0.574. The van der Waals surface area contributed by atoms with Gasteiger partial charge in [-0.3, -0.25) is 9.69 Å². The van der Waals surface area contributed by atoms with E-state index in [0.29, 0.717) is 11.9 Å². The van der Waals surface area contributed by atoms with E-state index in [-0.39, 0.29) is 5.41 Å². The molecule has 1 heterocycles. The van der Waals surface area contributed by atoms with E-state index in [1.54, 1.807) is 0 Å². The smallest absolute Gasteiger partial charge is 0.228 e. The Kier molecular flexibility index (Phi) is 14.8. The first-order valence-corrected chi connectivity index (χ1v) is 13.5. The molecule has 0 aromatic rings. The van der Waals surface area contributed by atoms with Crippen LogP contribution in [0.25, 0.3) is 0 Å². The van der Waals surface area contributed by atoms with Crippen LogP contribution in [0.4, 0.5) is 0 Å². The van der Waals surface area contributed by atoms with Crippen LogP contribution >= 0.6 is 0 Å². The van der Waals surface area contributed by atoms with Crippen molar-refractivity contribution >= 4 is 5.91 Å². The molecule has 2 atom stereocenters. The average Bonchev–Trinajstić information content (AvgIpc) is 3.18. The zero-order chi connectivity index (χ0) is 22.2. The summed E-state index contributed by atoms with van der Waals surface area (Å²) in [6.07, 6.45) is 20.2. The van der Waals surface area contributed by atoms with Crippen LogP contribution in [0.3, 0.4) is 0 Å². The molecule has 1 amide bonds. The predicted molar refractivity (Wildman–Crippen MR) is 132 cm³/mol. The van der Waals surface area contributed by atoms with Crippen molar-refractivity contribution in [1.82, 2.24) is 9.80 Å². The van der Waals surface area contributed by atoms with E-state index < -0.39 is 0 Å². The van der Waals surface area contributed by atoms with Crippen LogP contribution < -0.4 is 0 Å². The minimum absolute atomic E-state index is 0.165. The Hall–Kier alpha value is -0.570. The summed E-state index contributed by atoms with van der Waals surface area (Å²) in [5, 5.41) is 0. The summed E-state index contributed by atoms with van der Waals surface area (Å²) in [7, 11) is 2.07. The van der Waals surface area contributed by atoms with Crippen LogP contribution in [0.5, 0.6) is 0 Å². The largest absolute Gasteiger partial charge is 0.344 e. The minimum atomic E-state index is -0.165. The molecule has 0 aromatic heterocycles. The predicted octanol–water partition coefficient (Wildman–Crippen LogP) is 7.44. The Morgan fingerprint density at radius 1 is 0.867 bits per heavy atom. The molecule has 178 valence electrons. The molecule has 0 radical (unpaired) electrons. The fraction of sp³-hybridized carbons (Fsp3) is 0.963. The Balaban J connectivity index is 2.52. The molecule has 30 heavy (non-hydrogen) atoms. The second-order valence-corrected chi connectivity index (χ2v) is 10.3. The Morgan fingerprint density at radius 3 is 2.10 bits per heavy atom. The number of carbonyl (C=O) groups excluding carboxylic acids is 1. The lowest BCUT2D eigenvalue weighted by molar-refractivity contribution is -0.141. The lowest BCUT2D eigenvalue weighted by Gasteiger charge is -2.36. The SMILES string of the molecule is CCCCCCCCN1CCC[C@H]1CN(C)C(=O)C(C)(CCCC)CCCCCC. The van der Waals surface area contributed by atoms with E-state index in [1.807, 2.05) is 0 Å². The molecule has 3 nitrogen and oxygen atoms in total. The van der Waals surface area contributed by atoms with Crippen molar-refractivity contribution in [3.8, 4) is 0 Å². The van der Waals surface area contributed by atoms with Gasteiger partial charge in [-0.2, -0.15) is 0 Å². The molecule has 1 rings (SSSR count). The third-order valence-electron chi connectivity index (χ3n) is 7.31. The second-order valence-electron chi connectivity index (χ2n) is 10.3. The van der Waals surface area contributed by atoms with E-state index in [2.05, 4.69) is 44.5 Å². The number of likely N-dealkylation sites (tertiary alicyclic amines) is 1. The summed E-state index contributed by atoms with van der Waals surface area (Å²) in [4.78, 5) is 18.3. The molecular weight excluding hydrogens is 368 g/mol. The van der Waals surface area contributed by atoms with Gasteiger partial charge in [0.1, 0.15) is 0 Å². The van der Waals surface area contributed by atoms with Crippen LogP contribution in [-0.2, 0) is 4.79 Å². The van der Waals surface area contributed by atoms with Gasteiger partial charge in [-0.15, -0.1) is 0 Å². The molecule has 0 aliphatic carbocycles. The van der Waals surface area contributed by atoms with Crippen LogP contribution in [-0.4, -0.2) is 48.4 Å². The summed E-state index contributed by atoms with van der Waals surface area (Å²) >= 11 is 0. The number of likely N-dealkylation sites (N-methyl/N-ethyl adjacent to an activating group) is 1. The Labute approximate surface area is 189 Å². The van der Waals surface area contributed by atoms with Crippen LogP contribution in [0.15, 0.2) is 0 Å². The monoisotopic (exact) mass is 422 g/mol. The lowest BCUT2D eigenvalue weighted by Crippen LogP contribution is -2.46. The molecule has 0 spiro atoms. The van der Waals surface area contributed by atoms with Gasteiger partial charge in [-0.1, -0.05) is 98.3 Å². The molecule has 1 aliphatic heterocycles. The molecule has 1 aliphatic rings. The highest BCUT2D eigenvalue weighted by molar-refractivity contribution is 5.82. The maximum Gasteiger partial charge on any atom is 0.228 e. The van der Waals surface area contributed by atoms with Crippen molar-refractivity contribution in [3.05, 3.63) is 0 Å². The number of amides is 1. The van der Waals surface area contributed by atoms with E-state index in [1.165, 1.54) is 96.6 Å². The second kappa shape index (κ2) is 16.1. The number of nitrogens with zero attached hydrogens (tertiary/aromatic N) is 2. The molecular formula is C27H54N2O. The highest BCUT2D eigenvalue weighted by Crippen LogP contribution is 2.33. The van der Waals surface area contributed by atoms with Crippen LogP contribution in [0.1, 0.15) is 130 Å². The van der Waals surface area contributed by atoms with Crippen LogP contribution in [0.2, 0.25) is 0 Å². The summed E-state index contributed by atoms with van der Waals surface area (Å²) in [5.74, 6) is 0.402. The number of rotatable bonds is 18. The quantitative estimate of drug-likeness (QED) is 0.214. The van der Waals surface area contributed by atoms with Crippen molar-refractivity contribution in [3.63, 3.8) is 0 Å². The molecule has 0 saturated carbocycles. The van der Waals surface area contributed by atoms with Gasteiger partial charge in [-0.25, -0.2) is 0 Å². The lowest BCUT2D eigenvalue weighted by atomic mass is 9.78. The van der Waals surface area contributed by atoms with Crippen molar-refractivity contribution in [2.24, 2.45) is 5.41 Å². The third-order valence-corrected chi connectivity index (χ3v) is 7.31. The van der Waals surface area contributed by atoms with Gasteiger partial charge in [-0.05, 0) is 45.2 Å². The highest BCUT2D eigenvalue weighted by Gasteiger charge is 2.36. The summed E-state index contributed by atoms with van der Waals surface area (Å²) in [6.45, 7) is 12.4. The van der Waals surface area contributed by atoms with Gasteiger partial charge in [0.15, 0.2) is 0 Å². The maximum absolute atomic E-state index is 13.5. The highest BCUT2D eigenvalue weighted by atomic mass is 16.2. The Morgan fingerprint density at radius 2 is 1.43 bits per heavy atom. The molecule has 1 saturated heterocycles. The molecule has 0 bridgehead atoms. The topological polar surface area (TPSA) is 23.6 Å². The molecule has 1 fully saturated rings. The number of carbonyl (C=O) groups is 1. The van der Waals surface area contributed by atoms with E-state index in [4.69, 9.17) is 0 Å². The van der Waals surface area contributed by atoms with Gasteiger partial charge in [0.25, 0.3) is 0 Å². The zero-order valence-electron chi connectivity index (χ0n) is 21.3.